The predicted octanol–water partition coefficient (Wildman–Crippen LogP) is 4.12. The number of benzene rings is 1. The van der Waals surface area contributed by atoms with Crippen molar-refractivity contribution in [1.82, 2.24) is 9.88 Å². The van der Waals surface area contributed by atoms with Gasteiger partial charge >= 0.3 is 0 Å². The normalized spacial score (nSPS) is 11.6. The molecule has 1 N–H and O–H groups in total. The lowest BCUT2D eigenvalue weighted by molar-refractivity contribution is -0.134. The molecule has 2 aromatic rings. The van der Waals surface area contributed by atoms with Crippen molar-refractivity contribution in [2.75, 3.05) is 0 Å². The Morgan fingerprint density at radius 2 is 1.90 bits per heavy atom. The maximum absolute atomic E-state index is 12.5. The van der Waals surface area contributed by atoms with Gasteiger partial charge in [0.15, 0.2) is 0 Å². The van der Waals surface area contributed by atoms with Crippen molar-refractivity contribution in [3.8, 4) is 0 Å². The predicted molar refractivity (Wildman–Crippen MR) is 86.8 cm³/mol. The molecular formula is C16H21BrN2O. The molecule has 1 heterocycles. The largest absolute Gasteiger partial charge is 0.361 e. The van der Waals surface area contributed by atoms with Gasteiger partial charge in [0.25, 0.3) is 0 Å². The Kier molecular flexibility index (Phi) is 4.53. The van der Waals surface area contributed by atoms with E-state index in [0.29, 0.717) is 6.42 Å². The van der Waals surface area contributed by atoms with Crippen LogP contribution in [0.15, 0.2) is 28.9 Å². The van der Waals surface area contributed by atoms with Gasteiger partial charge in [-0.05, 0) is 45.4 Å². The molecule has 0 aliphatic carbocycles. The van der Waals surface area contributed by atoms with Crippen molar-refractivity contribution in [2.45, 2.75) is 46.2 Å². The Hall–Kier alpha value is -1.29. The van der Waals surface area contributed by atoms with E-state index in [1.54, 1.807) is 0 Å². The maximum Gasteiger partial charge on any atom is 0.227 e. The molecule has 0 aliphatic rings. The molecule has 4 heteroatoms. The molecule has 1 aromatic heterocycles. The maximum atomic E-state index is 12.5. The molecular weight excluding hydrogens is 316 g/mol. The van der Waals surface area contributed by atoms with E-state index in [4.69, 9.17) is 0 Å². The molecule has 108 valence electrons. The minimum absolute atomic E-state index is 0.173. The number of hydrogen-bond acceptors (Lipinski definition) is 1. The van der Waals surface area contributed by atoms with E-state index in [2.05, 4.69) is 48.6 Å². The van der Waals surface area contributed by atoms with Gasteiger partial charge in [0.05, 0.1) is 6.42 Å². The number of fused-ring (bicyclic) bond motifs is 1. The smallest absolute Gasteiger partial charge is 0.227 e. The average Bonchev–Trinajstić information content (AvgIpc) is 2.72. The van der Waals surface area contributed by atoms with Gasteiger partial charge in [-0.15, -0.1) is 0 Å². The number of aromatic nitrogens is 1. The second kappa shape index (κ2) is 6.00. The topological polar surface area (TPSA) is 36.1 Å². The van der Waals surface area contributed by atoms with Gasteiger partial charge in [-0.2, -0.15) is 0 Å². The third-order valence-corrected chi connectivity index (χ3v) is 4.14. The first-order valence-corrected chi connectivity index (χ1v) is 7.76. The molecule has 0 spiro atoms. The summed E-state index contributed by atoms with van der Waals surface area (Å²) in [7, 11) is 0. The van der Waals surface area contributed by atoms with E-state index in [1.165, 1.54) is 0 Å². The summed E-state index contributed by atoms with van der Waals surface area (Å²) in [6.45, 7) is 8.23. The van der Waals surface area contributed by atoms with E-state index < -0.39 is 0 Å². The molecule has 0 fully saturated rings. The summed E-state index contributed by atoms with van der Waals surface area (Å²) in [5.74, 6) is 0.173. The monoisotopic (exact) mass is 336 g/mol. The van der Waals surface area contributed by atoms with Crippen LogP contribution in [-0.4, -0.2) is 27.9 Å². The summed E-state index contributed by atoms with van der Waals surface area (Å²) < 4.78 is 1.03. The van der Waals surface area contributed by atoms with Crippen molar-refractivity contribution in [3.05, 3.63) is 34.4 Å². The van der Waals surface area contributed by atoms with Crippen molar-refractivity contribution >= 4 is 32.7 Å². The minimum Gasteiger partial charge on any atom is -0.361 e. The Labute approximate surface area is 128 Å². The Balaban J connectivity index is 2.30. The minimum atomic E-state index is 0.173. The summed E-state index contributed by atoms with van der Waals surface area (Å²) in [4.78, 5) is 17.7. The van der Waals surface area contributed by atoms with E-state index in [0.717, 1.165) is 20.9 Å². The van der Waals surface area contributed by atoms with Crippen molar-refractivity contribution in [2.24, 2.45) is 0 Å². The molecule has 0 saturated heterocycles. The number of carbonyl (C=O) groups excluding carboxylic acids is 1. The highest BCUT2D eigenvalue weighted by Gasteiger charge is 2.21. The lowest BCUT2D eigenvalue weighted by Crippen LogP contribution is -2.42. The number of hydrogen-bond donors (Lipinski definition) is 1. The van der Waals surface area contributed by atoms with E-state index in [9.17, 15) is 4.79 Å². The number of H-pyrrole nitrogens is 1. The van der Waals surface area contributed by atoms with Crippen LogP contribution in [0.2, 0.25) is 0 Å². The molecule has 0 bridgehead atoms. The SMILES string of the molecule is CC(C)N(C(=O)Cc1c[nH]c2cccc(Br)c12)C(C)C. The number of carbonyl (C=O) groups is 1. The number of nitrogens with one attached hydrogen (secondary N) is 1. The van der Waals surface area contributed by atoms with Crippen LogP contribution >= 0.6 is 15.9 Å². The highest BCUT2D eigenvalue weighted by atomic mass is 79.9. The number of halogens is 1. The second-order valence-corrected chi connectivity index (χ2v) is 6.50. The molecule has 0 radical (unpaired) electrons. The van der Waals surface area contributed by atoms with E-state index in [1.807, 2.05) is 29.3 Å². The van der Waals surface area contributed by atoms with Crippen LogP contribution in [0.3, 0.4) is 0 Å². The van der Waals surface area contributed by atoms with Gasteiger partial charge in [-0.25, -0.2) is 0 Å². The van der Waals surface area contributed by atoms with Crippen LogP contribution in [0.5, 0.6) is 0 Å². The fourth-order valence-electron chi connectivity index (χ4n) is 2.77. The lowest BCUT2D eigenvalue weighted by atomic mass is 10.1. The van der Waals surface area contributed by atoms with Crippen LogP contribution in [0.25, 0.3) is 10.9 Å². The Morgan fingerprint density at radius 1 is 1.25 bits per heavy atom. The summed E-state index contributed by atoms with van der Waals surface area (Å²) in [5.41, 5.74) is 2.10. The van der Waals surface area contributed by atoms with Gasteiger partial charge < -0.3 is 9.88 Å². The van der Waals surface area contributed by atoms with Gasteiger partial charge in [-0.3, -0.25) is 4.79 Å². The second-order valence-electron chi connectivity index (χ2n) is 5.64. The van der Waals surface area contributed by atoms with Crippen LogP contribution < -0.4 is 0 Å². The van der Waals surface area contributed by atoms with Crippen LogP contribution in [0.4, 0.5) is 0 Å². The third-order valence-electron chi connectivity index (χ3n) is 3.48. The Morgan fingerprint density at radius 3 is 2.50 bits per heavy atom. The van der Waals surface area contributed by atoms with Gasteiger partial charge in [0, 0.05) is 33.7 Å². The molecule has 2 rings (SSSR count). The standard InChI is InChI=1S/C16H21BrN2O/c1-10(2)19(11(3)4)15(20)8-12-9-18-14-7-5-6-13(17)16(12)14/h5-7,9-11,18H,8H2,1-4H3. The van der Waals surface area contributed by atoms with Gasteiger partial charge in [-0.1, -0.05) is 22.0 Å². The molecule has 1 aromatic carbocycles. The lowest BCUT2D eigenvalue weighted by Gasteiger charge is -2.30. The molecule has 0 aliphatic heterocycles. The molecule has 0 saturated carbocycles. The molecule has 0 atom stereocenters. The fourth-order valence-corrected chi connectivity index (χ4v) is 3.39. The van der Waals surface area contributed by atoms with Crippen molar-refractivity contribution in [3.63, 3.8) is 0 Å². The van der Waals surface area contributed by atoms with Crippen LogP contribution in [-0.2, 0) is 11.2 Å². The first-order valence-electron chi connectivity index (χ1n) is 6.97. The summed E-state index contributed by atoms with van der Waals surface area (Å²) in [6, 6.07) is 6.46. The zero-order valence-electron chi connectivity index (χ0n) is 12.4. The summed E-state index contributed by atoms with van der Waals surface area (Å²) in [6.07, 6.45) is 2.37. The molecule has 0 unspecified atom stereocenters. The van der Waals surface area contributed by atoms with Crippen LogP contribution in [0, 0.1) is 0 Å². The number of nitrogens with zero attached hydrogens (tertiary/aromatic N) is 1. The van der Waals surface area contributed by atoms with Gasteiger partial charge in [0.2, 0.25) is 5.91 Å². The van der Waals surface area contributed by atoms with E-state index >= 15 is 0 Å². The average molecular weight is 337 g/mol. The number of aromatic amines is 1. The van der Waals surface area contributed by atoms with E-state index in [-0.39, 0.29) is 18.0 Å². The highest BCUT2D eigenvalue weighted by molar-refractivity contribution is 9.10. The fraction of sp³-hybridized carbons (Fsp3) is 0.438. The van der Waals surface area contributed by atoms with Crippen molar-refractivity contribution in [1.29, 1.82) is 0 Å². The third kappa shape index (κ3) is 2.90. The summed E-state index contributed by atoms with van der Waals surface area (Å²) in [5, 5.41) is 1.10. The summed E-state index contributed by atoms with van der Waals surface area (Å²) >= 11 is 3.57. The van der Waals surface area contributed by atoms with Crippen LogP contribution in [0.1, 0.15) is 33.3 Å². The quantitative estimate of drug-likeness (QED) is 0.895. The highest BCUT2D eigenvalue weighted by Crippen LogP contribution is 2.27. The zero-order valence-corrected chi connectivity index (χ0v) is 14.0. The number of rotatable bonds is 4. The first kappa shape index (κ1) is 15.1. The first-order chi connectivity index (χ1) is 9.41. The zero-order chi connectivity index (χ0) is 14.9. The molecule has 3 nitrogen and oxygen atoms in total. The molecule has 20 heavy (non-hydrogen) atoms. The van der Waals surface area contributed by atoms with Crippen molar-refractivity contribution < 1.29 is 4.79 Å². The molecule has 1 amide bonds. The Bertz CT molecular complexity index is 608. The van der Waals surface area contributed by atoms with Gasteiger partial charge in [0.1, 0.15) is 0 Å². The number of amides is 1.